The second-order valence-corrected chi connectivity index (χ2v) is 9.04. The van der Waals surface area contributed by atoms with Crippen LogP contribution in [0.25, 0.3) is 0 Å². The van der Waals surface area contributed by atoms with Crippen molar-refractivity contribution >= 4 is 46.7 Å². The minimum atomic E-state index is -1.11. The molecule has 0 aliphatic heterocycles. The third-order valence-corrected chi connectivity index (χ3v) is 6.27. The molecule has 2 rings (SSSR count). The topological polar surface area (TPSA) is 86.7 Å². The van der Waals surface area contributed by atoms with E-state index in [2.05, 4.69) is 12.2 Å². The van der Waals surface area contributed by atoms with Crippen LogP contribution < -0.4 is 5.32 Å². The van der Waals surface area contributed by atoms with E-state index in [4.69, 9.17) is 23.2 Å². The lowest BCUT2D eigenvalue weighted by Crippen LogP contribution is -2.42. The Morgan fingerprint density at radius 2 is 1.68 bits per heavy atom. The Labute approximate surface area is 211 Å². The Hall–Kier alpha value is -2.57. The number of carbonyl (C=O) groups is 3. The van der Waals surface area contributed by atoms with Gasteiger partial charge in [0.2, 0.25) is 11.8 Å². The van der Waals surface area contributed by atoms with Gasteiger partial charge in [-0.05, 0) is 49.4 Å². The molecule has 6 nitrogen and oxygen atoms in total. The molecule has 34 heavy (non-hydrogen) atoms. The Balaban J connectivity index is 2.14. The van der Waals surface area contributed by atoms with E-state index < -0.39 is 17.8 Å². The van der Waals surface area contributed by atoms with Gasteiger partial charge in [-0.25, -0.2) is 0 Å². The van der Waals surface area contributed by atoms with Crippen molar-refractivity contribution in [2.75, 3.05) is 18.4 Å². The Bertz CT molecular complexity index is 953. The molecule has 2 amide bonds. The smallest absolute Gasteiger partial charge is 0.303 e. The standard InChI is InChI=1S/C26H32Cl2N2O4/c1-2-3-7-16-30(17-8-11-19-9-5-4-6-10-19)26(34)21(13-15-24(31)32)25(33)29-20-12-14-22(27)23(28)18-20/h4-6,9-10,12,14,18,21H,2-3,7-8,11,13,15-17H2,1H3,(H,29,33)(H,31,32). The molecule has 8 heteroatoms. The highest BCUT2D eigenvalue weighted by Gasteiger charge is 2.31. The van der Waals surface area contributed by atoms with Crippen LogP contribution in [0.15, 0.2) is 48.5 Å². The predicted octanol–water partition coefficient (Wildman–Crippen LogP) is 6.06. The molecule has 0 aliphatic carbocycles. The van der Waals surface area contributed by atoms with Crippen molar-refractivity contribution in [2.24, 2.45) is 5.92 Å². The number of amides is 2. The SMILES string of the molecule is CCCCCN(CCCc1ccccc1)C(=O)C(CCC(=O)O)C(=O)Nc1ccc(Cl)c(Cl)c1. The molecule has 0 saturated carbocycles. The summed E-state index contributed by atoms with van der Waals surface area (Å²) in [5, 5.41) is 12.5. The summed E-state index contributed by atoms with van der Waals surface area (Å²) in [4.78, 5) is 39.5. The van der Waals surface area contributed by atoms with Crippen LogP contribution in [0.2, 0.25) is 10.0 Å². The zero-order valence-corrected chi connectivity index (χ0v) is 20.9. The molecular formula is C26H32Cl2N2O4. The molecule has 0 heterocycles. The number of aryl methyl sites for hydroxylation is 1. The van der Waals surface area contributed by atoms with Crippen molar-refractivity contribution < 1.29 is 19.5 Å². The van der Waals surface area contributed by atoms with Gasteiger partial charge in [0, 0.05) is 25.2 Å². The fourth-order valence-electron chi connectivity index (χ4n) is 3.66. The van der Waals surface area contributed by atoms with Crippen molar-refractivity contribution in [3.8, 4) is 0 Å². The molecule has 184 valence electrons. The third kappa shape index (κ3) is 9.35. The van der Waals surface area contributed by atoms with Crippen LogP contribution in [-0.4, -0.2) is 40.9 Å². The number of nitrogens with one attached hydrogen (secondary N) is 1. The zero-order valence-electron chi connectivity index (χ0n) is 19.4. The van der Waals surface area contributed by atoms with Gasteiger partial charge in [-0.15, -0.1) is 0 Å². The summed E-state index contributed by atoms with van der Waals surface area (Å²) in [5.74, 6) is -3.05. The van der Waals surface area contributed by atoms with Crippen molar-refractivity contribution in [3.63, 3.8) is 0 Å². The molecule has 0 aliphatic rings. The number of hydrogen-bond acceptors (Lipinski definition) is 3. The van der Waals surface area contributed by atoms with Gasteiger partial charge in [0.05, 0.1) is 10.0 Å². The summed E-state index contributed by atoms with van der Waals surface area (Å²) in [7, 11) is 0. The van der Waals surface area contributed by atoms with Crippen LogP contribution >= 0.6 is 23.2 Å². The number of carbonyl (C=O) groups excluding carboxylic acids is 2. The van der Waals surface area contributed by atoms with Gasteiger partial charge < -0.3 is 15.3 Å². The number of anilines is 1. The van der Waals surface area contributed by atoms with Crippen LogP contribution in [0.1, 0.15) is 51.0 Å². The minimum Gasteiger partial charge on any atom is -0.481 e. The number of carboxylic acids is 1. The first kappa shape index (κ1) is 27.7. The van der Waals surface area contributed by atoms with E-state index >= 15 is 0 Å². The lowest BCUT2D eigenvalue weighted by Gasteiger charge is -2.27. The van der Waals surface area contributed by atoms with Gasteiger partial charge in [-0.2, -0.15) is 0 Å². The molecule has 1 unspecified atom stereocenters. The summed E-state index contributed by atoms with van der Waals surface area (Å²) in [6.45, 7) is 3.12. The van der Waals surface area contributed by atoms with Crippen LogP contribution in [0.3, 0.4) is 0 Å². The number of rotatable bonds is 14. The number of nitrogens with zero attached hydrogens (tertiary/aromatic N) is 1. The van der Waals surface area contributed by atoms with E-state index in [1.54, 1.807) is 17.0 Å². The molecule has 1 atom stereocenters. The first-order valence-electron chi connectivity index (χ1n) is 11.6. The number of halogens is 2. The maximum Gasteiger partial charge on any atom is 0.303 e. The first-order chi connectivity index (χ1) is 16.3. The predicted molar refractivity (Wildman–Crippen MR) is 136 cm³/mol. The van der Waals surface area contributed by atoms with E-state index in [1.807, 2.05) is 30.3 Å². The Kier molecular flexibility index (Phi) is 11.9. The van der Waals surface area contributed by atoms with E-state index in [9.17, 15) is 19.5 Å². The summed E-state index contributed by atoms with van der Waals surface area (Å²) in [5.41, 5.74) is 1.58. The normalized spacial score (nSPS) is 11.6. The largest absolute Gasteiger partial charge is 0.481 e. The second-order valence-electron chi connectivity index (χ2n) is 8.22. The fourth-order valence-corrected chi connectivity index (χ4v) is 3.96. The molecule has 2 aromatic rings. The number of carboxylic acid groups (broad SMARTS) is 1. The summed E-state index contributed by atoms with van der Waals surface area (Å²) in [6.07, 6.45) is 4.01. The Morgan fingerprint density at radius 3 is 2.32 bits per heavy atom. The zero-order chi connectivity index (χ0) is 24.9. The molecule has 0 spiro atoms. The van der Waals surface area contributed by atoms with E-state index in [0.717, 1.165) is 32.1 Å². The van der Waals surface area contributed by atoms with E-state index in [1.165, 1.54) is 11.6 Å². The first-order valence-corrected chi connectivity index (χ1v) is 12.4. The highest BCUT2D eigenvalue weighted by atomic mass is 35.5. The highest BCUT2D eigenvalue weighted by Crippen LogP contribution is 2.26. The van der Waals surface area contributed by atoms with E-state index in [0.29, 0.717) is 23.8 Å². The monoisotopic (exact) mass is 506 g/mol. The molecule has 0 saturated heterocycles. The van der Waals surface area contributed by atoms with Gasteiger partial charge in [0.1, 0.15) is 5.92 Å². The van der Waals surface area contributed by atoms with Crippen molar-refractivity contribution in [1.29, 1.82) is 0 Å². The maximum atomic E-state index is 13.5. The van der Waals surface area contributed by atoms with Crippen molar-refractivity contribution in [2.45, 2.75) is 51.9 Å². The highest BCUT2D eigenvalue weighted by molar-refractivity contribution is 6.42. The number of aliphatic carboxylic acids is 1. The van der Waals surface area contributed by atoms with Gasteiger partial charge in [-0.3, -0.25) is 14.4 Å². The van der Waals surface area contributed by atoms with Gasteiger partial charge in [-0.1, -0.05) is 73.3 Å². The van der Waals surface area contributed by atoms with Gasteiger partial charge >= 0.3 is 5.97 Å². The summed E-state index contributed by atoms with van der Waals surface area (Å²) < 4.78 is 0. The number of unbranched alkanes of at least 4 members (excludes halogenated alkanes) is 2. The van der Waals surface area contributed by atoms with Crippen LogP contribution in [0, 0.1) is 5.92 Å². The Morgan fingerprint density at radius 1 is 0.971 bits per heavy atom. The van der Waals surface area contributed by atoms with Crippen molar-refractivity contribution in [1.82, 2.24) is 4.90 Å². The molecule has 0 aromatic heterocycles. The average molecular weight is 507 g/mol. The van der Waals surface area contributed by atoms with E-state index in [-0.39, 0.29) is 23.8 Å². The molecule has 0 bridgehead atoms. The average Bonchev–Trinajstić information content (AvgIpc) is 2.81. The number of hydrogen-bond donors (Lipinski definition) is 2. The van der Waals surface area contributed by atoms with Crippen LogP contribution in [-0.2, 0) is 20.8 Å². The van der Waals surface area contributed by atoms with Crippen molar-refractivity contribution in [3.05, 3.63) is 64.1 Å². The third-order valence-electron chi connectivity index (χ3n) is 5.53. The minimum absolute atomic E-state index is 0.0791. The lowest BCUT2D eigenvalue weighted by atomic mass is 9.99. The van der Waals surface area contributed by atoms with Crippen LogP contribution in [0.4, 0.5) is 5.69 Å². The molecule has 0 radical (unpaired) electrons. The van der Waals surface area contributed by atoms with Gasteiger partial charge in [0.15, 0.2) is 0 Å². The quantitative estimate of drug-likeness (QED) is 0.240. The number of benzene rings is 2. The second kappa shape index (κ2) is 14.6. The maximum absolute atomic E-state index is 13.5. The molecule has 0 fully saturated rings. The molecule has 2 aromatic carbocycles. The summed E-state index contributed by atoms with van der Waals surface area (Å²) >= 11 is 12.0. The van der Waals surface area contributed by atoms with Gasteiger partial charge in [0.25, 0.3) is 0 Å². The summed E-state index contributed by atoms with van der Waals surface area (Å²) in [6, 6.07) is 14.7. The fraction of sp³-hybridized carbons (Fsp3) is 0.423. The lowest BCUT2D eigenvalue weighted by molar-refractivity contribution is -0.142. The molecule has 2 N–H and O–H groups in total. The molecular weight excluding hydrogens is 475 g/mol. The van der Waals surface area contributed by atoms with Crippen LogP contribution in [0.5, 0.6) is 0 Å².